The molecule has 1 N–H and O–H groups in total. The number of carbonyl (C=O) groups is 2. The van der Waals surface area contributed by atoms with Gasteiger partial charge in [0.15, 0.2) is 0 Å². The van der Waals surface area contributed by atoms with Crippen LogP contribution in [0.2, 0.25) is 0 Å². The van der Waals surface area contributed by atoms with Gasteiger partial charge in [0.05, 0.1) is 6.54 Å². The normalized spacial score (nSPS) is 23.9. The Morgan fingerprint density at radius 3 is 2.48 bits per heavy atom. The highest BCUT2D eigenvalue weighted by atomic mass is 79.9. The number of aliphatic carboxylic acids is 1. The molecule has 7 nitrogen and oxygen atoms in total. The molecule has 0 aromatic carbocycles. The molecule has 160 valence electrons. The zero-order valence-corrected chi connectivity index (χ0v) is 18.8. The van der Waals surface area contributed by atoms with Gasteiger partial charge in [-0.3, -0.25) is 4.90 Å². The maximum atomic E-state index is 13.2. The number of ether oxygens (including phenoxy) is 2. The Hall–Kier alpha value is -1.67. The van der Waals surface area contributed by atoms with E-state index in [9.17, 15) is 14.7 Å². The monoisotopic (exact) mass is 468 g/mol. The molecule has 8 heteroatoms. The number of hydrogen-bond acceptors (Lipinski definition) is 5. The van der Waals surface area contributed by atoms with Gasteiger partial charge in [-0.05, 0) is 55.6 Å². The fraction of sp³-hybridized carbons (Fsp3) is 0.667. The molecule has 1 saturated heterocycles. The van der Waals surface area contributed by atoms with Crippen molar-refractivity contribution >= 4 is 28.0 Å². The predicted octanol–water partition coefficient (Wildman–Crippen LogP) is 4.48. The third kappa shape index (κ3) is 4.91. The predicted molar refractivity (Wildman–Crippen MR) is 111 cm³/mol. The van der Waals surface area contributed by atoms with Gasteiger partial charge in [-0.15, -0.1) is 0 Å². The lowest BCUT2D eigenvalue weighted by atomic mass is 9.76. The average molecular weight is 469 g/mol. The van der Waals surface area contributed by atoms with Gasteiger partial charge in [0, 0.05) is 23.7 Å². The third-order valence-corrected chi connectivity index (χ3v) is 6.19. The Kier molecular flexibility index (Phi) is 6.24. The molecule has 3 rings (SSSR count). The topological polar surface area (TPSA) is 89.0 Å². The van der Waals surface area contributed by atoms with Crippen molar-refractivity contribution in [1.29, 1.82) is 0 Å². The van der Waals surface area contributed by atoms with Crippen LogP contribution in [0.4, 0.5) is 4.79 Å². The number of hydrogen-bond donors (Lipinski definition) is 1. The van der Waals surface area contributed by atoms with E-state index in [1.165, 1.54) is 0 Å². The number of carbonyl (C=O) groups excluding carboxylic acids is 1. The smallest absolute Gasteiger partial charge is 0.410 e. The highest BCUT2D eigenvalue weighted by molar-refractivity contribution is 9.10. The van der Waals surface area contributed by atoms with Gasteiger partial charge in [0.25, 0.3) is 0 Å². The number of rotatable bonds is 4. The minimum Gasteiger partial charge on any atom is -0.480 e. The van der Waals surface area contributed by atoms with Crippen molar-refractivity contribution in [2.24, 2.45) is 0 Å². The molecule has 1 aromatic rings. The van der Waals surface area contributed by atoms with Gasteiger partial charge < -0.3 is 14.6 Å². The summed E-state index contributed by atoms with van der Waals surface area (Å²) in [4.78, 5) is 30.6. The summed E-state index contributed by atoms with van der Waals surface area (Å²) in [6, 6.07) is 3.69. The van der Waals surface area contributed by atoms with Crippen LogP contribution in [0.3, 0.4) is 0 Å². The Bertz CT molecular complexity index is 755. The molecule has 29 heavy (non-hydrogen) atoms. The van der Waals surface area contributed by atoms with E-state index in [0.29, 0.717) is 11.0 Å². The van der Waals surface area contributed by atoms with Crippen molar-refractivity contribution in [3.8, 4) is 0 Å². The maximum Gasteiger partial charge on any atom is 0.410 e. The molecule has 1 aromatic heterocycles. The molecule has 1 saturated carbocycles. The number of nitrogens with zero attached hydrogens (tertiary/aromatic N) is 2. The first kappa shape index (κ1) is 22.0. The fourth-order valence-electron chi connectivity index (χ4n) is 4.56. The molecule has 1 aliphatic heterocycles. The summed E-state index contributed by atoms with van der Waals surface area (Å²) in [6.45, 7) is 5.36. The second-order valence-electron chi connectivity index (χ2n) is 9.07. The number of carboxylic acids is 1. The van der Waals surface area contributed by atoms with E-state index >= 15 is 0 Å². The Morgan fingerprint density at radius 2 is 1.93 bits per heavy atom. The van der Waals surface area contributed by atoms with Crippen molar-refractivity contribution in [3.63, 3.8) is 0 Å². The molecule has 0 radical (unpaired) electrons. The molecule has 1 aliphatic carbocycles. The Morgan fingerprint density at radius 1 is 1.24 bits per heavy atom. The van der Waals surface area contributed by atoms with Crippen LogP contribution in [0.15, 0.2) is 22.9 Å². The van der Waals surface area contributed by atoms with Crippen LogP contribution in [0, 0.1) is 0 Å². The van der Waals surface area contributed by atoms with Crippen LogP contribution in [-0.2, 0) is 19.9 Å². The van der Waals surface area contributed by atoms with E-state index in [1.54, 1.807) is 11.1 Å². The summed E-state index contributed by atoms with van der Waals surface area (Å²) in [6.07, 6.45) is 6.75. The van der Waals surface area contributed by atoms with Crippen molar-refractivity contribution < 1.29 is 24.2 Å². The van der Waals surface area contributed by atoms with Crippen LogP contribution in [0.5, 0.6) is 0 Å². The maximum absolute atomic E-state index is 13.2. The Balaban J connectivity index is 2.01. The zero-order chi connectivity index (χ0) is 21.3. The highest BCUT2D eigenvalue weighted by Crippen LogP contribution is 2.51. The van der Waals surface area contributed by atoms with Crippen molar-refractivity contribution in [3.05, 3.63) is 28.5 Å². The molecule has 2 aliphatic rings. The molecule has 1 spiro atoms. The SMILES string of the molecule is CC(C)(C)OC(=O)N1CC(OCC(=O)O)(c2ccc(Br)nc2)CC12CCCCC2. The third-order valence-electron chi connectivity index (χ3n) is 5.72. The van der Waals surface area contributed by atoms with E-state index in [-0.39, 0.29) is 12.6 Å². The minimum atomic E-state index is -1.04. The summed E-state index contributed by atoms with van der Waals surface area (Å²) < 4.78 is 12.4. The van der Waals surface area contributed by atoms with Crippen LogP contribution in [-0.4, -0.2) is 51.3 Å². The number of likely N-dealkylation sites (tertiary alicyclic amines) is 1. The molecule has 2 fully saturated rings. The van der Waals surface area contributed by atoms with Crippen molar-refractivity contribution in [2.45, 2.75) is 76.0 Å². The average Bonchev–Trinajstić information content (AvgIpc) is 2.95. The second-order valence-corrected chi connectivity index (χ2v) is 9.89. The standard InChI is InChI=1S/C21H29BrN2O5/c1-19(2,3)29-18(27)24-14-21(28-12-17(25)26,15-7-8-16(22)23-11-15)13-20(24)9-5-4-6-10-20/h7-8,11H,4-6,9-10,12-14H2,1-3H3,(H,25,26). The van der Waals surface area contributed by atoms with Gasteiger partial charge in [0.2, 0.25) is 0 Å². The summed E-state index contributed by atoms with van der Waals surface area (Å²) in [7, 11) is 0. The van der Waals surface area contributed by atoms with Crippen LogP contribution < -0.4 is 0 Å². The lowest BCUT2D eigenvalue weighted by Gasteiger charge is -2.41. The second kappa shape index (κ2) is 8.22. The van der Waals surface area contributed by atoms with Crippen molar-refractivity contribution in [2.75, 3.05) is 13.2 Å². The summed E-state index contributed by atoms with van der Waals surface area (Å²) in [5, 5.41) is 9.26. The first-order valence-corrected chi connectivity index (χ1v) is 10.8. The van der Waals surface area contributed by atoms with Gasteiger partial charge in [-0.25, -0.2) is 14.6 Å². The highest BCUT2D eigenvalue weighted by Gasteiger charge is 2.57. The van der Waals surface area contributed by atoms with Crippen molar-refractivity contribution in [1.82, 2.24) is 9.88 Å². The first-order chi connectivity index (χ1) is 13.6. The molecule has 2 heterocycles. The number of pyridine rings is 1. The minimum absolute atomic E-state index is 0.249. The van der Waals surface area contributed by atoms with E-state index in [0.717, 1.165) is 37.7 Å². The van der Waals surface area contributed by atoms with E-state index in [2.05, 4.69) is 20.9 Å². The number of amides is 1. The fourth-order valence-corrected chi connectivity index (χ4v) is 4.79. The first-order valence-electron chi connectivity index (χ1n) is 10.0. The zero-order valence-electron chi connectivity index (χ0n) is 17.2. The molecular formula is C21H29BrN2O5. The Labute approximate surface area is 179 Å². The van der Waals surface area contributed by atoms with Crippen LogP contribution in [0.25, 0.3) is 0 Å². The number of aromatic nitrogens is 1. The molecule has 1 atom stereocenters. The quantitative estimate of drug-likeness (QED) is 0.654. The number of halogens is 1. The summed E-state index contributed by atoms with van der Waals surface area (Å²) >= 11 is 3.34. The van der Waals surface area contributed by atoms with Crippen LogP contribution >= 0.6 is 15.9 Å². The van der Waals surface area contributed by atoms with Gasteiger partial charge >= 0.3 is 12.1 Å². The summed E-state index contributed by atoms with van der Waals surface area (Å²) in [5.74, 6) is -1.04. The van der Waals surface area contributed by atoms with E-state index < -0.39 is 29.3 Å². The van der Waals surface area contributed by atoms with Gasteiger partial charge in [-0.1, -0.05) is 25.3 Å². The lowest BCUT2D eigenvalue weighted by molar-refractivity contribution is -0.150. The number of carboxylic acid groups (broad SMARTS) is 1. The largest absolute Gasteiger partial charge is 0.480 e. The summed E-state index contributed by atoms with van der Waals surface area (Å²) in [5.41, 5.74) is -1.16. The van der Waals surface area contributed by atoms with E-state index in [4.69, 9.17) is 9.47 Å². The van der Waals surface area contributed by atoms with E-state index in [1.807, 2.05) is 32.9 Å². The van der Waals surface area contributed by atoms with Gasteiger partial charge in [0.1, 0.15) is 22.4 Å². The van der Waals surface area contributed by atoms with Gasteiger partial charge in [-0.2, -0.15) is 0 Å². The lowest BCUT2D eigenvalue weighted by Crippen LogP contribution is -2.50. The molecule has 1 amide bonds. The molecular weight excluding hydrogens is 440 g/mol. The molecule has 0 bridgehead atoms. The van der Waals surface area contributed by atoms with Crippen LogP contribution in [0.1, 0.15) is 64.9 Å². The molecule has 1 unspecified atom stereocenters.